The summed E-state index contributed by atoms with van der Waals surface area (Å²) in [5.74, 6) is -0.0508. The minimum atomic E-state index is -0.587. The molecule has 2 rings (SSSR count). The molecule has 0 aliphatic heterocycles. The summed E-state index contributed by atoms with van der Waals surface area (Å²) >= 11 is 0. The highest BCUT2D eigenvalue weighted by Crippen LogP contribution is 2.30. The fourth-order valence-corrected chi connectivity index (χ4v) is 2.84. The van der Waals surface area contributed by atoms with E-state index in [2.05, 4.69) is 39.9 Å². The van der Waals surface area contributed by atoms with Crippen LogP contribution in [0.15, 0.2) is 48.5 Å². The number of ether oxygens (including phenoxy) is 2. The number of rotatable bonds is 7. The Morgan fingerprint density at radius 2 is 1.61 bits per heavy atom. The predicted octanol–water partition coefficient (Wildman–Crippen LogP) is 4.67. The third-order valence-electron chi connectivity index (χ3n) is 4.26. The maximum atomic E-state index is 12.1. The molecule has 1 N–H and O–H groups in total. The maximum absolute atomic E-state index is 12.1. The number of hydrogen-bond acceptors (Lipinski definition) is 4. The molecule has 5 nitrogen and oxygen atoms in total. The second-order valence-electron chi connectivity index (χ2n) is 7.99. The molecule has 150 valence electrons. The van der Waals surface area contributed by atoms with Gasteiger partial charge in [-0.05, 0) is 34.6 Å². The van der Waals surface area contributed by atoms with E-state index >= 15 is 0 Å². The summed E-state index contributed by atoms with van der Waals surface area (Å²) in [7, 11) is 0. The smallest absolute Gasteiger partial charge is 0.344 e. The van der Waals surface area contributed by atoms with Crippen LogP contribution in [0.25, 0.3) is 0 Å². The van der Waals surface area contributed by atoms with Crippen LogP contribution in [0.3, 0.4) is 0 Å². The quantitative estimate of drug-likeness (QED) is 0.706. The van der Waals surface area contributed by atoms with Gasteiger partial charge in [0.15, 0.2) is 13.2 Å². The first-order valence-electron chi connectivity index (χ1n) is 9.45. The summed E-state index contributed by atoms with van der Waals surface area (Å²) in [5.41, 5.74) is 2.66. The van der Waals surface area contributed by atoms with Crippen molar-refractivity contribution in [3.8, 4) is 5.75 Å². The van der Waals surface area contributed by atoms with Crippen LogP contribution >= 0.6 is 0 Å². The molecule has 2 aromatic rings. The Morgan fingerprint density at radius 3 is 2.29 bits per heavy atom. The Bertz CT molecular complexity index is 821. The van der Waals surface area contributed by atoms with Crippen molar-refractivity contribution >= 4 is 17.6 Å². The van der Waals surface area contributed by atoms with Gasteiger partial charge in [-0.15, -0.1) is 0 Å². The molecule has 0 fully saturated rings. The van der Waals surface area contributed by atoms with Gasteiger partial charge in [-0.1, -0.05) is 71.0 Å². The van der Waals surface area contributed by atoms with Crippen molar-refractivity contribution in [3.05, 3.63) is 59.7 Å². The molecule has 0 radical (unpaired) electrons. The van der Waals surface area contributed by atoms with E-state index in [9.17, 15) is 9.59 Å². The molecule has 0 atom stereocenters. The molecule has 0 spiro atoms. The van der Waals surface area contributed by atoms with Crippen molar-refractivity contribution in [2.75, 3.05) is 18.5 Å². The van der Waals surface area contributed by atoms with Crippen molar-refractivity contribution in [1.29, 1.82) is 0 Å². The van der Waals surface area contributed by atoms with Crippen LogP contribution in [0.2, 0.25) is 0 Å². The van der Waals surface area contributed by atoms with E-state index in [0.29, 0.717) is 5.75 Å². The SMILES string of the molecule is CC(C)c1ccccc1NC(=O)COC(=O)COc1ccccc1C(C)(C)C. The van der Waals surface area contributed by atoms with Gasteiger partial charge in [-0.25, -0.2) is 4.79 Å². The Balaban J connectivity index is 1.86. The molecule has 0 bridgehead atoms. The monoisotopic (exact) mass is 383 g/mol. The molecular weight excluding hydrogens is 354 g/mol. The number of esters is 1. The van der Waals surface area contributed by atoms with E-state index in [1.165, 1.54) is 0 Å². The molecular formula is C23H29NO4. The second kappa shape index (κ2) is 9.40. The van der Waals surface area contributed by atoms with Crippen LogP contribution in [-0.2, 0) is 19.7 Å². The Kier molecular flexibility index (Phi) is 7.21. The third-order valence-corrected chi connectivity index (χ3v) is 4.26. The number of carbonyl (C=O) groups is 2. The van der Waals surface area contributed by atoms with E-state index in [-0.39, 0.29) is 30.5 Å². The standard InChI is InChI=1S/C23H29NO4/c1-16(2)17-10-6-8-12-19(17)24-21(25)14-28-22(26)15-27-20-13-9-7-11-18(20)23(3,4)5/h6-13,16H,14-15H2,1-5H3,(H,24,25). The number of benzene rings is 2. The highest BCUT2D eigenvalue weighted by molar-refractivity contribution is 5.93. The minimum Gasteiger partial charge on any atom is -0.482 e. The Labute approximate surface area is 167 Å². The lowest BCUT2D eigenvalue weighted by atomic mass is 9.86. The number of nitrogens with one attached hydrogen (secondary N) is 1. The van der Waals surface area contributed by atoms with E-state index in [1.807, 2.05) is 48.5 Å². The fourth-order valence-electron chi connectivity index (χ4n) is 2.84. The molecule has 1 amide bonds. The highest BCUT2D eigenvalue weighted by Gasteiger charge is 2.19. The molecule has 0 heterocycles. The fraction of sp³-hybridized carbons (Fsp3) is 0.391. The molecule has 0 aromatic heterocycles. The van der Waals surface area contributed by atoms with Gasteiger partial charge in [-0.2, -0.15) is 0 Å². The van der Waals surface area contributed by atoms with Crippen molar-refractivity contribution in [3.63, 3.8) is 0 Å². The van der Waals surface area contributed by atoms with Crippen LogP contribution in [0.1, 0.15) is 51.7 Å². The van der Waals surface area contributed by atoms with Crippen molar-refractivity contribution < 1.29 is 19.1 Å². The van der Waals surface area contributed by atoms with Crippen LogP contribution in [0, 0.1) is 0 Å². The Hall–Kier alpha value is -2.82. The van der Waals surface area contributed by atoms with Crippen molar-refractivity contribution in [1.82, 2.24) is 0 Å². The van der Waals surface area contributed by atoms with Crippen molar-refractivity contribution in [2.45, 2.75) is 46.0 Å². The minimum absolute atomic E-state index is 0.107. The lowest BCUT2D eigenvalue weighted by Gasteiger charge is -2.22. The molecule has 0 unspecified atom stereocenters. The van der Waals surface area contributed by atoms with Crippen LogP contribution in [0.4, 0.5) is 5.69 Å². The van der Waals surface area contributed by atoms with E-state index in [1.54, 1.807) is 0 Å². The van der Waals surface area contributed by atoms with Gasteiger partial charge in [0.1, 0.15) is 5.75 Å². The molecule has 0 saturated heterocycles. The van der Waals surface area contributed by atoms with Gasteiger partial charge >= 0.3 is 5.97 Å². The van der Waals surface area contributed by atoms with Gasteiger partial charge in [0.05, 0.1) is 0 Å². The second-order valence-corrected chi connectivity index (χ2v) is 7.99. The first-order valence-corrected chi connectivity index (χ1v) is 9.45. The maximum Gasteiger partial charge on any atom is 0.344 e. The number of anilines is 1. The Morgan fingerprint density at radius 1 is 0.964 bits per heavy atom. The van der Waals surface area contributed by atoms with Crippen LogP contribution in [-0.4, -0.2) is 25.1 Å². The first kappa shape index (κ1) is 21.5. The molecule has 2 aromatic carbocycles. The number of para-hydroxylation sites is 2. The lowest BCUT2D eigenvalue weighted by Crippen LogP contribution is -2.24. The average Bonchev–Trinajstić information content (AvgIpc) is 2.64. The molecule has 28 heavy (non-hydrogen) atoms. The summed E-state index contributed by atoms with van der Waals surface area (Å²) in [6.45, 7) is 9.74. The third kappa shape index (κ3) is 6.12. The van der Waals surface area contributed by atoms with E-state index in [0.717, 1.165) is 16.8 Å². The zero-order chi connectivity index (χ0) is 20.7. The molecule has 5 heteroatoms. The zero-order valence-corrected chi connectivity index (χ0v) is 17.2. The van der Waals surface area contributed by atoms with Crippen LogP contribution in [0.5, 0.6) is 5.75 Å². The number of carbonyl (C=O) groups excluding carboxylic acids is 2. The van der Waals surface area contributed by atoms with E-state index in [4.69, 9.17) is 9.47 Å². The summed E-state index contributed by atoms with van der Waals surface area (Å²) in [4.78, 5) is 24.1. The van der Waals surface area contributed by atoms with Gasteiger partial charge in [0.2, 0.25) is 0 Å². The van der Waals surface area contributed by atoms with Gasteiger partial charge in [0, 0.05) is 5.69 Å². The van der Waals surface area contributed by atoms with E-state index < -0.39 is 5.97 Å². The summed E-state index contributed by atoms with van der Waals surface area (Å²) in [5, 5.41) is 2.79. The normalized spacial score (nSPS) is 11.2. The summed E-state index contributed by atoms with van der Waals surface area (Å²) in [6.07, 6.45) is 0. The summed E-state index contributed by atoms with van der Waals surface area (Å²) < 4.78 is 10.7. The molecule has 0 aliphatic rings. The highest BCUT2D eigenvalue weighted by atomic mass is 16.6. The van der Waals surface area contributed by atoms with Gasteiger partial charge in [-0.3, -0.25) is 4.79 Å². The van der Waals surface area contributed by atoms with Crippen molar-refractivity contribution in [2.24, 2.45) is 0 Å². The van der Waals surface area contributed by atoms with Gasteiger partial charge in [0.25, 0.3) is 5.91 Å². The topological polar surface area (TPSA) is 64.6 Å². The first-order chi connectivity index (χ1) is 13.2. The lowest BCUT2D eigenvalue weighted by molar-refractivity contribution is -0.149. The summed E-state index contributed by atoms with van der Waals surface area (Å²) in [6, 6.07) is 15.2. The van der Waals surface area contributed by atoms with Gasteiger partial charge < -0.3 is 14.8 Å². The largest absolute Gasteiger partial charge is 0.482 e. The number of hydrogen-bond donors (Lipinski definition) is 1. The molecule has 0 aliphatic carbocycles. The number of amides is 1. The average molecular weight is 383 g/mol. The molecule has 0 saturated carbocycles. The predicted molar refractivity (Wildman–Crippen MR) is 111 cm³/mol. The zero-order valence-electron chi connectivity index (χ0n) is 17.2. The van der Waals surface area contributed by atoms with Crippen LogP contribution < -0.4 is 10.1 Å².